The van der Waals surface area contributed by atoms with E-state index in [1.54, 1.807) is 11.3 Å². The smallest absolute Gasteiger partial charge is 0.316 e. The van der Waals surface area contributed by atoms with E-state index in [0.29, 0.717) is 19.8 Å². The lowest BCUT2D eigenvalue weighted by Crippen LogP contribution is -2.55. The first kappa shape index (κ1) is 11.9. The van der Waals surface area contributed by atoms with E-state index in [9.17, 15) is 9.90 Å². The van der Waals surface area contributed by atoms with Gasteiger partial charge in [0.1, 0.15) is 5.41 Å². The highest BCUT2D eigenvalue weighted by atomic mass is 79.9. The Hall–Kier alpha value is -0.590. The van der Waals surface area contributed by atoms with Crippen molar-refractivity contribution in [1.29, 1.82) is 0 Å². The van der Waals surface area contributed by atoms with Crippen LogP contribution >= 0.6 is 27.3 Å². The van der Waals surface area contributed by atoms with Crippen molar-refractivity contribution < 1.29 is 14.6 Å². The lowest BCUT2D eigenvalue weighted by molar-refractivity contribution is -0.177. The van der Waals surface area contributed by atoms with Crippen LogP contribution in [-0.4, -0.2) is 37.9 Å². The monoisotopic (exact) mass is 305 g/mol. The summed E-state index contributed by atoms with van der Waals surface area (Å²) < 4.78 is 6.07. The van der Waals surface area contributed by atoms with Gasteiger partial charge in [0, 0.05) is 13.6 Å². The summed E-state index contributed by atoms with van der Waals surface area (Å²) in [6, 6.07) is 3.94. The molecule has 0 unspecified atom stereocenters. The van der Waals surface area contributed by atoms with Crippen LogP contribution in [0.2, 0.25) is 0 Å². The second kappa shape index (κ2) is 4.35. The Morgan fingerprint density at radius 2 is 2.38 bits per heavy atom. The lowest BCUT2D eigenvalue weighted by atomic mass is 9.85. The molecule has 4 nitrogen and oxygen atoms in total. The zero-order valence-electron chi connectivity index (χ0n) is 8.77. The molecule has 0 spiro atoms. The first-order valence-electron chi connectivity index (χ1n) is 4.81. The number of carboxylic acid groups (broad SMARTS) is 1. The molecule has 1 aromatic heterocycles. The molecule has 1 aliphatic rings. The second-order valence-electron chi connectivity index (χ2n) is 4.01. The number of anilines is 1. The normalized spacial score (nSPS) is 17.9. The molecule has 1 aromatic rings. The highest BCUT2D eigenvalue weighted by molar-refractivity contribution is 9.11. The maximum Gasteiger partial charge on any atom is 0.316 e. The first-order chi connectivity index (χ1) is 7.53. The molecule has 0 bridgehead atoms. The van der Waals surface area contributed by atoms with Crippen molar-refractivity contribution in [3.63, 3.8) is 0 Å². The molecule has 2 rings (SSSR count). The topological polar surface area (TPSA) is 49.8 Å². The van der Waals surface area contributed by atoms with Crippen LogP contribution in [0.3, 0.4) is 0 Å². The van der Waals surface area contributed by atoms with Gasteiger partial charge in [0.05, 0.1) is 22.0 Å². The number of nitrogens with zero attached hydrogens (tertiary/aromatic N) is 1. The van der Waals surface area contributed by atoms with Crippen molar-refractivity contribution in [3.05, 3.63) is 15.9 Å². The van der Waals surface area contributed by atoms with Gasteiger partial charge >= 0.3 is 5.97 Å². The molecule has 0 atom stereocenters. The molecule has 0 aromatic carbocycles. The van der Waals surface area contributed by atoms with Crippen molar-refractivity contribution in [1.82, 2.24) is 0 Å². The molecule has 6 heteroatoms. The van der Waals surface area contributed by atoms with Crippen LogP contribution in [0.15, 0.2) is 15.9 Å². The summed E-state index contributed by atoms with van der Waals surface area (Å²) >= 11 is 4.98. The van der Waals surface area contributed by atoms with Crippen molar-refractivity contribution >= 4 is 38.2 Å². The largest absolute Gasteiger partial charge is 0.481 e. The van der Waals surface area contributed by atoms with E-state index in [4.69, 9.17) is 4.74 Å². The lowest BCUT2D eigenvalue weighted by Gasteiger charge is -2.40. The summed E-state index contributed by atoms with van der Waals surface area (Å²) in [5.74, 6) is -0.777. The van der Waals surface area contributed by atoms with Gasteiger partial charge in [0.2, 0.25) is 0 Å². The minimum atomic E-state index is -0.777. The summed E-state index contributed by atoms with van der Waals surface area (Å²) in [6.07, 6.45) is 0. The van der Waals surface area contributed by atoms with E-state index in [1.165, 1.54) is 0 Å². The van der Waals surface area contributed by atoms with Gasteiger partial charge in [-0.1, -0.05) is 0 Å². The third-order valence-electron chi connectivity index (χ3n) is 2.69. The van der Waals surface area contributed by atoms with Gasteiger partial charge in [-0.05, 0) is 28.1 Å². The van der Waals surface area contributed by atoms with Crippen molar-refractivity contribution in [2.75, 3.05) is 31.7 Å². The molecule has 0 saturated carbocycles. The van der Waals surface area contributed by atoms with Crippen LogP contribution in [0.4, 0.5) is 5.00 Å². The van der Waals surface area contributed by atoms with Crippen LogP contribution in [0, 0.1) is 5.41 Å². The molecule has 2 heterocycles. The number of hydrogen-bond acceptors (Lipinski definition) is 4. The third kappa shape index (κ3) is 2.09. The first-order valence-corrected chi connectivity index (χ1v) is 6.42. The van der Waals surface area contributed by atoms with Gasteiger partial charge in [-0.25, -0.2) is 0 Å². The Morgan fingerprint density at radius 1 is 1.69 bits per heavy atom. The molecule has 16 heavy (non-hydrogen) atoms. The minimum absolute atomic E-state index is 0.305. The van der Waals surface area contributed by atoms with Gasteiger partial charge < -0.3 is 14.7 Å². The zero-order chi connectivity index (χ0) is 11.8. The number of aliphatic carboxylic acids is 1. The zero-order valence-corrected chi connectivity index (χ0v) is 11.2. The SMILES string of the molecule is CN(CC1(C(=O)O)COC1)c1ccc(Br)s1. The van der Waals surface area contributed by atoms with Crippen LogP contribution in [0.1, 0.15) is 0 Å². The van der Waals surface area contributed by atoms with Crippen LogP contribution in [-0.2, 0) is 9.53 Å². The number of carbonyl (C=O) groups is 1. The van der Waals surface area contributed by atoms with Crippen LogP contribution in [0.5, 0.6) is 0 Å². The molecule has 1 aliphatic heterocycles. The Kier molecular flexibility index (Phi) is 3.23. The van der Waals surface area contributed by atoms with E-state index in [-0.39, 0.29) is 0 Å². The van der Waals surface area contributed by atoms with Gasteiger partial charge in [-0.2, -0.15) is 0 Å². The summed E-state index contributed by atoms with van der Waals surface area (Å²) in [5.41, 5.74) is -0.731. The van der Waals surface area contributed by atoms with Crippen LogP contribution in [0.25, 0.3) is 0 Å². The Balaban J connectivity index is 2.06. The molecule has 88 valence electrons. The van der Waals surface area contributed by atoms with Gasteiger partial charge in [-0.3, -0.25) is 4.79 Å². The number of carboxylic acids is 1. The van der Waals surface area contributed by atoms with E-state index in [0.717, 1.165) is 8.79 Å². The van der Waals surface area contributed by atoms with Gasteiger partial charge in [0.15, 0.2) is 0 Å². The maximum atomic E-state index is 11.2. The molecule has 1 N–H and O–H groups in total. The number of halogens is 1. The van der Waals surface area contributed by atoms with Crippen LogP contribution < -0.4 is 4.90 Å². The third-order valence-corrected chi connectivity index (χ3v) is 4.42. The standard InChI is InChI=1S/C10H12BrNO3S/c1-12(8-3-2-7(11)16-8)4-10(9(13)14)5-15-6-10/h2-3H,4-6H2,1H3,(H,13,14). The highest BCUT2D eigenvalue weighted by Crippen LogP contribution is 2.34. The van der Waals surface area contributed by atoms with Crippen molar-refractivity contribution in [2.24, 2.45) is 5.41 Å². The average molecular weight is 306 g/mol. The molecule has 0 aliphatic carbocycles. The summed E-state index contributed by atoms with van der Waals surface area (Å²) in [5, 5.41) is 10.2. The summed E-state index contributed by atoms with van der Waals surface area (Å²) in [4.78, 5) is 13.1. The fourth-order valence-electron chi connectivity index (χ4n) is 1.67. The van der Waals surface area contributed by atoms with E-state index in [1.807, 2.05) is 24.1 Å². The quantitative estimate of drug-likeness (QED) is 0.925. The Morgan fingerprint density at radius 3 is 2.75 bits per heavy atom. The fourth-order valence-corrected chi connectivity index (χ4v) is 2.99. The molecule has 0 radical (unpaired) electrons. The highest BCUT2D eigenvalue weighted by Gasteiger charge is 2.47. The molecule has 1 saturated heterocycles. The average Bonchev–Trinajstić information content (AvgIpc) is 2.57. The molecule has 0 amide bonds. The van der Waals surface area contributed by atoms with Crippen molar-refractivity contribution in [3.8, 4) is 0 Å². The molecular formula is C10H12BrNO3S. The van der Waals surface area contributed by atoms with Crippen molar-refractivity contribution in [2.45, 2.75) is 0 Å². The predicted octanol–water partition coefficient (Wildman–Crippen LogP) is 2.05. The fraction of sp³-hybridized carbons (Fsp3) is 0.500. The number of ether oxygens (including phenoxy) is 1. The number of rotatable bonds is 4. The number of thiophene rings is 1. The van der Waals surface area contributed by atoms with Gasteiger partial charge in [-0.15, -0.1) is 11.3 Å². The molecule has 1 fully saturated rings. The second-order valence-corrected chi connectivity index (χ2v) is 6.45. The predicted molar refractivity (Wildman–Crippen MR) is 66.2 cm³/mol. The Bertz CT molecular complexity index is 403. The van der Waals surface area contributed by atoms with E-state index >= 15 is 0 Å². The summed E-state index contributed by atoms with van der Waals surface area (Å²) in [6.45, 7) is 1.09. The molecular weight excluding hydrogens is 294 g/mol. The van der Waals surface area contributed by atoms with Gasteiger partial charge in [0.25, 0.3) is 0 Å². The maximum absolute atomic E-state index is 11.2. The summed E-state index contributed by atoms with van der Waals surface area (Å²) in [7, 11) is 1.90. The Labute approximate surface area is 106 Å². The minimum Gasteiger partial charge on any atom is -0.481 e. The van der Waals surface area contributed by atoms with E-state index in [2.05, 4.69) is 15.9 Å². The van der Waals surface area contributed by atoms with E-state index < -0.39 is 11.4 Å². The number of hydrogen-bond donors (Lipinski definition) is 1.